The third kappa shape index (κ3) is 30.9. The van der Waals surface area contributed by atoms with Crippen molar-refractivity contribution in [3.63, 3.8) is 0 Å². The third-order valence-corrected chi connectivity index (χ3v) is 5.65. The highest BCUT2D eigenvalue weighted by Gasteiger charge is 2.14. The number of allylic oxidation sites excluding steroid dienone is 10. The maximum absolute atomic E-state index is 11.8. The monoisotopic (exact) mass is 589 g/mol. The number of hydrogen-bond donors (Lipinski definition) is 5. The summed E-state index contributed by atoms with van der Waals surface area (Å²) in [6.45, 7) is 6.54. The molecule has 9 N–H and O–H groups in total. The first-order valence-corrected chi connectivity index (χ1v) is 14.9. The summed E-state index contributed by atoms with van der Waals surface area (Å²) in [6, 6.07) is -1.56. The van der Waals surface area contributed by atoms with Gasteiger partial charge in [0, 0.05) is 12.8 Å². The molecular formula is C32H55N5O5. The largest absolute Gasteiger partial charge is 0.548 e. The second-order valence-corrected chi connectivity index (χ2v) is 10.2. The minimum Gasteiger partial charge on any atom is -0.548 e. The average Bonchev–Trinajstić information content (AvgIpc) is 2.92. The molecule has 0 rings (SSSR count). The Hall–Kier alpha value is -3.66. The smallest absolute Gasteiger partial charge is 0.338 e. The Labute approximate surface area is 252 Å². The van der Waals surface area contributed by atoms with Gasteiger partial charge in [-0.1, -0.05) is 81.5 Å². The van der Waals surface area contributed by atoms with Gasteiger partial charge in [-0.2, -0.15) is 0 Å². The molecule has 0 aromatic carbocycles. The molecule has 0 saturated carbocycles. The summed E-state index contributed by atoms with van der Waals surface area (Å²) < 4.78 is 0. The van der Waals surface area contributed by atoms with E-state index in [9.17, 15) is 24.6 Å². The van der Waals surface area contributed by atoms with Gasteiger partial charge in [0.15, 0.2) is 0 Å². The highest BCUT2D eigenvalue weighted by Crippen LogP contribution is 2.05. The summed E-state index contributed by atoms with van der Waals surface area (Å²) in [5, 5.41) is 23.8. The minimum atomic E-state index is -1.21. The molecule has 0 saturated heterocycles. The van der Waals surface area contributed by atoms with Crippen LogP contribution in [-0.4, -0.2) is 42.4 Å². The fourth-order valence-corrected chi connectivity index (χ4v) is 3.40. The zero-order valence-electron chi connectivity index (χ0n) is 25.9. The van der Waals surface area contributed by atoms with Crippen LogP contribution in [0.4, 0.5) is 0 Å². The van der Waals surface area contributed by atoms with Crippen LogP contribution in [0.3, 0.4) is 0 Å². The Morgan fingerprint density at radius 1 is 0.810 bits per heavy atom. The van der Waals surface area contributed by atoms with E-state index in [0.29, 0.717) is 38.6 Å². The summed E-state index contributed by atoms with van der Waals surface area (Å²) in [6.07, 6.45) is 29.8. The minimum absolute atomic E-state index is 0.143. The lowest BCUT2D eigenvalue weighted by Gasteiger charge is -2.21. The van der Waals surface area contributed by atoms with Crippen molar-refractivity contribution >= 4 is 23.8 Å². The SMILES string of the molecule is CC/C=C\C/C=C\C/C=C\C/C=C\C/C=C\CCCC(=O)N[C@@H](CC(C)C)C(=O)[O-].NC(N)=[NH+]CCC[C@H]([NH3+])C(=O)[O-]. The molecule has 0 bridgehead atoms. The predicted octanol–water partition coefficient (Wildman–Crippen LogP) is -0.330. The standard InChI is InChI=1S/C26H41NO3.C6H14N4O2/c1-4-5-6-7-8-9-10-11-12-13-14-15-16-17-18-19-20-21-25(28)27-24(26(29)30)22-23(2)3;7-4(5(11)12)2-1-3-10-6(8)9/h5-6,8-9,11-12,14-15,17-18,23-24H,4,7,10,13,16,19-22H2,1-3H3,(H,27,28)(H,29,30);4H,1-3,7H2,(H,11,12)(H4,8,9,10)/b6-5-,9-8-,12-11-,15-14-,18-17-;/t24-;4-/m00/s1. The van der Waals surface area contributed by atoms with Crippen molar-refractivity contribution in [1.82, 2.24) is 5.32 Å². The highest BCUT2D eigenvalue weighted by molar-refractivity contribution is 5.82. The van der Waals surface area contributed by atoms with Crippen LogP contribution in [0.15, 0.2) is 60.8 Å². The van der Waals surface area contributed by atoms with Crippen LogP contribution >= 0.6 is 0 Å². The molecule has 0 spiro atoms. The van der Waals surface area contributed by atoms with Gasteiger partial charge in [-0.3, -0.25) is 21.3 Å². The quantitative estimate of drug-likeness (QED) is 0.0492. The Morgan fingerprint density at radius 2 is 1.31 bits per heavy atom. The van der Waals surface area contributed by atoms with Crippen molar-refractivity contribution in [2.75, 3.05) is 6.54 Å². The maximum atomic E-state index is 11.8. The number of carboxylic acid groups (broad SMARTS) is 2. The lowest BCUT2D eigenvalue weighted by molar-refractivity contribution is -0.466. The molecule has 0 fully saturated rings. The number of carboxylic acids is 2. The van der Waals surface area contributed by atoms with Crippen LogP contribution in [0.5, 0.6) is 0 Å². The highest BCUT2D eigenvalue weighted by atomic mass is 16.4. The van der Waals surface area contributed by atoms with Crippen LogP contribution in [-0.2, 0) is 14.4 Å². The molecule has 238 valence electrons. The lowest BCUT2D eigenvalue weighted by atomic mass is 10.0. The molecule has 0 aliphatic heterocycles. The summed E-state index contributed by atoms with van der Waals surface area (Å²) in [7, 11) is 0. The van der Waals surface area contributed by atoms with E-state index in [1.54, 1.807) is 0 Å². The molecule has 10 heteroatoms. The number of carbonyl (C=O) groups excluding carboxylic acids is 3. The molecule has 0 radical (unpaired) electrons. The molecule has 10 nitrogen and oxygen atoms in total. The molecule has 1 amide bonds. The normalized spacial score (nSPS) is 13.2. The van der Waals surface area contributed by atoms with E-state index in [0.717, 1.165) is 38.5 Å². The molecular weight excluding hydrogens is 534 g/mol. The van der Waals surface area contributed by atoms with Gasteiger partial charge >= 0.3 is 5.96 Å². The van der Waals surface area contributed by atoms with E-state index >= 15 is 0 Å². The van der Waals surface area contributed by atoms with Crippen LogP contribution in [0.1, 0.15) is 91.4 Å². The molecule has 0 aromatic rings. The van der Waals surface area contributed by atoms with Crippen molar-refractivity contribution in [2.45, 2.75) is 103 Å². The van der Waals surface area contributed by atoms with E-state index in [2.05, 4.69) is 83.7 Å². The second kappa shape index (κ2) is 28.9. The topological polar surface area (TPSA) is 203 Å². The number of aliphatic carboxylic acids is 2. The molecule has 0 aliphatic rings. The van der Waals surface area contributed by atoms with E-state index in [-0.39, 0.29) is 17.8 Å². The lowest BCUT2D eigenvalue weighted by Crippen LogP contribution is -2.78. The maximum Gasteiger partial charge on any atom is 0.338 e. The van der Waals surface area contributed by atoms with Crippen molar-refractivity contribution in [3.05, 3.63) is 60.8 Å². The number of quaternary nitrogens is 1. The Morgan fingerprint density at radius 3 is 1.74 bits per heavy atom. The van der Waals surface area contributed by atoms with Gasteiger partial charge in [0.05, 0.1) is 24.5 Å². The third-order valence-electron chi connectivity index (χ3n) is 5.65. The van der Waals surface area contributed by atoms with E-state index in [1.807, 2.05) is 13.8 Å². The summed E-state index contributed by atoms with van der Waals surface area (Å²) in [4.78, 5) is 35.7. The Balaban J connectivity index is 0. The first-order valence-electron chi connectivity index (χ1n) is 14.9. The number of rotatable bonds is 22. The fourth-order valence-electron chi connectivity index (χ4n) is 3.40. The van der Waals surface area contributed by atoms with Crippen molar-refractivity contribution in [1.29, 1.82) is 0 Å². The Kier molecular flexibility index (Phi) is 27.8. The van der Waals surface area contributed by atoms with E-state index < -0.39 is 24.0 Å². The summed E-state index contributed by atoms with van der Waals surface area (Å²) in [5.74, 6) is -2.23. The predicted molar refractivity (Wildman–Crippen MR) is 165 cm³/mol. The van der Waals surface area contributed by atoms with Crippen LogP contribution in [0, 0.1) is 5.92 Å². The number of hydrogen-bond acceptors (Lipinski definition) is 5. The first-order chi connectivity index (χ1) is 20.0. The van der Waals surface area contributed by atoms with Gasteiger partial charge < -0.3 is 30.9 Å². The molecule has 0 heterocycles. The zero-order chi connectivity index (χ0) is 32.0. The van der Waals surface area contributed by atoms with Crippen LogP contribution < -0.4 is 37.7 Å². The van der Waals surface area contributed by atoms with E-state index in [4.69, 9.17) is 11.5 Å². The fraction of sp³-hybridized carbons (Fsp3) is 0.562. The second-order valence-electron chi connectivity index (χ2n) is 10.2. The number of nitrogens with two attached hydrogens (primary N) is 2. The number of carbonyl (C=O) groups is 3. The Bertz CT molecular complexity index is 903. The van der Waals surface area contributed by atoms with Crippen molar-refractivity contribution < 1.29 is 35.3 Å². The molecule has 2 atom stereocenters. The average molecular weight is 590 g/mol. The number of unbranched alkanes of at least 4 members (excludes halogenated alkanes) is 1. The van der Waals surface area contributed by atoms with Gasteiger partial charge in [0.1, 0.15) is 6.04 Å². The first kappa shape index (κ1) is 40.5. The molecule has 0 aliphatic carbocycles. The van der Waals surface area contributed by atoms with Crippen LogP contribution in [0.25, 0.3) is 0 Å². The number of nitrogens with one attached hydrogen (secondary N) is 2. The molecule has 42 heavy (non-hydrogen) atoms. The van der Waals surface area contributed by atoms with Crippen molar-refractivity contribution in [2.24, 2.45) is 17.4 Å². The summed E-state index contributed by atoms with van der Waals surface area (Å²) in [5.41, 5.74) is 13.6. The van der Waals surface area contributed by atoms with Gasteiger partial charge in [-0.15, -0.1) is 0 Å². The van der Waals surface area contributed by atoms with Gasteiger partial charge in [-0.05, 0) is 63.7 Å². The van der Waals surface area contributed by atoms with Crippen molar-refractivity contribution in [3.8, 4) is 0 Å². The molecule has 0 aromatic heterocycles. The molecule has 0 unspecified atom stereocenters. The van der Waals surface area contributed by atoms with Gasteiger partial charge in [0.25, 0.3) is 0 Å². The van der Waals surface area contributed by atoms with E-state index in [1.165, 1.54) is 0 Å². The van der Waals surface area contributed by atoms with Crippen LogP contribution in [0.2, 0.25) is 0 Å². The zero-order valence-corrected chi connectivity index (χ0v) is 25.9. The van der Waals surface area contributed by atoms with Gasteiger partial charge in [-0.25, -0.2) is 0 Å². The summed E-state index contributed by atoms with van der Waals surface area (Å²) >= 11 is 0. The number of amides is 1. The van der Waals surface area contributed by atoms with Gasteiger partial charge in [0.2, 0.25) is 5.91 Å². The number of guanidine groups is 1.